The second-order valence-electron chi connectivity index (χ2n) is 3.50. The van der Waals surface area contributed by atoms with Gasteiger partial charge in [-0.1, -0.05) is 0 Å². The summed E-state index contributed by atoms with van der Waals surface area (Å²) in [6.07, 6.45) is -11.4. The first-order chi connectivity index (χ1) is 7.42. The third-order valence-electron chi connectivity index (χ3n) is 2.17. The molecule has 0 aromatic rings. The SMILES string of the molecule is CC(CO)N(C)C(=O)C(C(F)(F)F)C(F)(F)F. The molecule has 0 rings (SSSR count). The van der Waals surface area contributed by atoms with Gasteiger partial charge in [0.25, 0.3) is 0 Å². The summed E-state index contributed by atoms with van der Waals surface area (Å²) in [6.45, 7) is 0.395. The maximum atomic E-state index is 12.2. The molecule has 1 amide bonds. The minimum atomic E-state index is -5.71. The molecule has 0 aromatic carbocycles. The Labute approximate surface area is 93.0 Å². The van der Waals surface area contributed by atoms with E-state index >= 15 is 0 Å². The molecule has 9 heteroatoms. The molecule has 0 fully saturated rings. The van der Waals surface area contributed by atoms with Crippen molar-refractivity contribution in [3.63, 3.8) is 0 Å². The van der Waals surface area contributed by atoms with Crippen LogP contribution in [0.3, 0.4) is 0 Å². The molecule has 0 radical (unpaired) electrons. The molecule has 17 heavy (non-hydrogen) atoms. The number of hydrogen-bond acceptors (Lipinski definition) is 2. The number of aliphatic hydroxyl groups is 1. The predicted octanol–water partition coefficient (Wildman–Crippen LogP) is 1.57. The van der Waals surface area contributed by atoms with Crippen molar-refractivity contribution in [1.82, 2.24) is 4.90 Å². The molecule has 0 spiro atoms. The number of amides is 1. The molecule has 1 atom stereocenters. The maximum Gasteiger partial charge on any atom is 0.409 e. The number of nitrogens with zero attached hydrogens (tertiary/aromatic N) is 1. The van der Waals surface area contributed by atoms with Crippen molar-refractivity contribution in [2.75, 3.05) is 13.7 Å². The van der Waals surface area contributed by atoms with Crippen molar-refractivity contribution < 1.29 is 36.2 Å². The molecule has 0 bridgehead atoms. The lowest BCUT2D eigenvalue weighted by atomic mass is 10.1. The summed E-state index contributed by atoms with van der Waals surface area (Å²) in [5, 5.41) is 8.59. The Kier molecular flexibility index (Phi) is 4.81. The second-order valence-corrected chi connectivity index (χ2v) is 3.50. The number of halogens is 6. The fourth-order valence-electron chi connectivity index (χ4n) is 1.01. The number of aliphatic hydroxyl groups excluding tert-OH is 1. The van der Waals surface area contributed by atoms with Crippen LogP contribution in [-0.4, -0.2) is 48.0 Å². The van der Waals surface area contributed by atoms with E-state index in [9.17, 15) is 31.1 Å². The van der Waals surface area contributed by atoms with Crippen molar-refractivity contribution in [1.29, 1.82) is 0 Å². The first-order valence-corrected chi connectivity index (χ1v) is 4.43. The number of carbonyl (C=O) groups is 1. The topological polar surface area (TPSA) is 40.5 Å². The zero-order valence-corrected chi connectivity index (χ0v) is 8.93. The molecule has 1 unspecified atom stereocenters. The van der Waals surface area contributed by atoms with E-state index in [1.165, 1.54) is 0 Å². The lowest BCUT2D eigenvalue weighted by Gasteiger charge is -2.29. The molecule has 0 aliphatic rings. The van der Waals surface area contributed by atoms with E-state index in [4.69, 9.17) is 5.11 Å². The van der Waals surface area contributed by atoms with Crippen LogP contribution < -0.4 is 0 Å². The van der Waals surface area contributed by atoms with Crippen LogP contribution in [0.15, 0.2) is 0 Å². The number of likely N-dealkylation sites (N-methyl/N-ethyl adjacent to an activating group) is 1. The Morgan fingerprint density at radius 1 is 1.18 bits per heavy atom. The standard InChI is InChI=1S/C8H11F6NO2/c1-4(3-16)15(2)6(17)5(7(9,10)11)8(12,13)14/h4-5,16H,3H2,1-2H3. The molecule has 0 heterocycles. The van der Waals surface area contributed by atoms with Crippen LogP contribution in [0.2, 0.25) is 0 Å². The van der Waals surface area contributed by atoms with E-state index in [-0.39, 0.29) is 4.90 Å². The van der Waals surface area contributed by atoms with Crippen LogP contribution in [0.4, 0.5) is 26.3 Å². The van der Waals surface area contributed by atoms with Crippen molar-refractivity contribution in [2.45, 2.75) is 25.3 Å². The van der Waals surface area contributed by atoms with Gasteiger partial charge in [0, 0.05) is 7.05 Å². The van der Waals surface area contributed by atoms with Crippen LogP contribution >= 0.6 is 0 Å². The van der Waals surface area contributed by atoms with Gasteiger partial charge in [0.05, 0.1) is 12.6 Å². The van der Waals surface area contributed by atoms with Gasteiger partial charge in [-0.3, -0.25) is 4.79 Å². The summed E-state index contributed by atoms with van der Waals surface area (Å²) < 4.78 is 73.0. The van der Waals surface area contributed by atoms with E-state index < -0.39 is 36.8 Å². The summed E-state index contributed by atoms with van der Waals surface area (Å²) in [6, 6.07) is -1.13. The van der Waals surface area contributed by atoms with Gasteiger partial charge < -0.3 is 10.0 Å². The minimum Gasteiger partial charge on any atom is -0.394 e. The normalized spacial score (nSPS) is 14.9. The van der Waals surface area contributed by atoms with E-state index in [2.05, 4.69) is 0 Å². The summed E-state index contributed by atoms with van der Waals surface area (Å²) in [4.78, 5) is 11.3. The maximum absolute atomic E-state index is 12.2. The Hall–Kier alpha value is -0.990. The largest absolute Gasteiger partial charge is 0.409 e. The van der Waals surface area contributed by atoms with Gasteiger partial charge in [0.2, 0.25) is 11.8 Å². The van der Waals surface area contributed by atoms with Gasteiger partial charge in [-0.25, -0.2) is 0 Å². The van der Waals surface area contributed by atoms with E-state index in [0.717, 1.165) is 14.0 Å². The van der Waals surface area contributed by atoms with Crippen molar-refractivity contribution in [2.24, 2.45) is 5.92 Å². The van der Waals surface area contributed by atoms with Gasteiger partial charge in [0.1, 0.15) is 0 Å². The van der Waals surface area contributed by atoms with Crippen molar-refractivity contribution >= 4 is 5.91 Å². The van der Waals surface area contributed by atoms with Crippen LogP contribution in [0.25, 0.3) is 0 Å². The lowest BCUT2D eigenvalue weighted by molar-refractivity contribution is -0.277. The Morgan fingerprint density at radius 2 is 1.53 bits per heavy atom. The quantitative estimate of drug-likeness (QED) is 0.788. The number of hydrogen-bond donors (Lipinski definition) is 1. The van der Waals surface area contributed by atoms with Gasteiger partial charge in [0.15, 0.2) is 0 Å². The van der Waals surface area contributed by atoms with Crippen LogP contribution in [0, 0.1) is 5.92 Å². The monoisotopic (exact) mass is 267 g/mol. The zero-order chi connectivity index (χ0) is 14.0. The fourth-order valence-corrected chi connectivity index (χ4v) is 1.01. The first-order valence-electron chi connectivity index (χ1n) is 4.43. The molecule has 0 aliphatic carbocycles. The van der Waals surface area contributed by atoms with Crippen LogP contribution in [0.1, 0.15) is 6.92 Å². The third kappa shape index (κ3) is 4.06. The highest BCUT2D eigenvalue weighted by atomic mass is 19.4. The van der Waals surface area contributed by atoms with Crippen LogP contribution in [0.5, 0.6) is 0 Å². The van der Waals surface area contributed by atoms with E-state index in [1.54, 1.807) is 0 Å². The Bertz CT molecular complexity index is 260. The number of alkyl halides is 6. The first kappa shape index (κ1) is 16.0. The molecule has 102 valence electrons. The molecular formula is C8H11F6NO2. The fraction of sp³-hybridized carbons (Fsp3) is 0.875. The second kappa shape index (κ2) is 5.11. The van der Waals surface area contributed by atoms with Gasteiger partial charge in [-0.2, -0.15) is 26.3 Å². The van der Waals surface area contributed by atoms with Gasteiger partial charge in [-0.05, 0) is 6.92 Å². The molecule has 3 nitrogen and oxygen atoms in total. The molecule has 0 saturated heterocycles. The highest BCUT2D eigenvalue weighted by Crippen LogP contribution is 2.40. The van der Waals surface area contributed by atoms with Gasteiger partial charge in [-0.15, -0.1) is 0 Å². The highest BCUT2D eigenvalue weighted by Gasteiger charge is 2.62. The average Bonchev–Trinajstić information content (AvgIpc) is 2.10. The van der Waals surface area contributed by atoms with E-state index in [0.29, 0.717) is 0 Å². The molecule has 1 N–H and O–H groups in total. The van der Waals surface area contributed by atoms with Gasteiger partial charge >= 0.3 is 12.4 Å². The lowest BCUT2D eigenvalue weighted by Crippen LogP contribution is -2.51. The number of rotatable bonds is 3. The molecule has 0 aliphatic heterocycles. The summed E-state index contributed by atoms with van der Waals surface area (Å²) in [5.41, 5.74) is 0. The molecular weight excluding hydrogens is 256 g/mol. The average molecular weight is 267 g/mol. The number of carbonyl (C=O) groups excluding carboxylic acids is 1. The summed E-state index contributed by atoms with van der Waals surface area (Å²) in [5.74, 6) is -6.19. The summed E-state index contributed by atoms with van der Waals surface area (Å²) >= 11 is 0. The summed E-state index contributed by atoms with van der Waals surface area (Å²) in [7, 11) is 0.772. The smallest absolute Gasteiger partial charge is 0.394 e. The minimum absolute atomic E-state index is 0.228. The van der Waals surface area contributed by atoms with E-state index in [1.807, 2.05) is 0 Å². The third-order valence-corrected chi connectivity index (χ3v) is 2.17. The van der Waals surface area contributed by atoms with Crippen molar-refractivity contribution in [3.05, 3.63) is 0 Å². The van der Waals surface area contributed by atoms with Crippen molar-refractivity contribution in [3.8, 4) is 0 Å². The predicted molar refractivity (Wildman–Crippen MR) is 44.9 cm³/mol. The Morgan fingerprint density at radius 3 is 1.76 bits per heavy atom. The van der Waals surface area contributed by atoms with Crippen LogP contribution in [-0.2, 0) is 4.79 Å². The Balaban J connectivity index is 5.17. The molecule has 0 saturated carbocycles. The molecule has 0 aromatic heterocycles. The highest BCUT2D eigenvalue weighted by molar-refractivity contribution is 5.80. The zero-order valence-electron chi connectivity index (χ0n) is 8.93.